The van der Waals surface area contributed by atoms with Crippen molar-refractivity contribution in [2.75, 3.05) is 6.01 Å². The van der Waals surface area contributed by atoms with Gasteiger partial charge in [-0.2, -0.15) is 5.26 Å². The molecule has 2 aromatic rings. The number of aliphatic hydroxyl groups is 1. The van der Waals surface area contributed by atoms with Crippen LogP contribution in [0.1, 0.15) is 22.8 Å². The quantitative estimate of drug-likeness (QED) is 0.541. The largest absolute Gasteiger partial charge is 0.457 e. The number of ether oxygens (including phenoxy) is 1. The Kier molecular flexibility index (Phi) is 4.71. The minimum Gasteiger partial charge on any atom is -0.457 e. The Labute approximate surface area is 152 Å². The van der Waals surface area contributed by atoms with Crippen molar-refractivity contribution in [2.45, 2.75) is 23.3 Å². The Morgan fingerprint density at radius 2 is 2.07 bits per heavy atom. The van der Waals surface area contributed by atoms with Crippen molar-refractivity contribution in [2.24, 2.45) is 5.14 Å². The molecule has 0 radical (unpaired) electrons. The number of hydrogen-bond donors (Lipinski definition) is 3. The standard InChI is InChI=1S/C17H14F4N2O3S/c18-8-27(23,25)14-2-1-13(12-6-17(20,21)16(24)15(12)14)26-11-4-9(7-22)3-10(19)5-11/h1-5,16,24,27H,6,8H2,(H2,23,25)/t16-/m0/s1. The summed E-state index contributed by atoms with van der Waals surface area (Å²) in [5, 5.41) is 24.3. The predicted octanol–water partition coefficient (Wildman–Crippen LogP) is 2.89. The van der Waals surface area contributed by atoms with E-state index in [4.69, 9.17) is 15.1 Å². The van der Waals surface area contributed by atoms with Gasteiger partial charge in [0.1, 0.15) is 23.4 Å². The lowest BCUT2D eigenvalue weighted by molar-refractivity contribution is -0.0976. The number of nitrogens with two attached hydrogens (primary N) is 1. The van der Waals surface area contributed by atoms with Gasteiger partial charge in [-0.05, 0) is 34.4 Å². The van der Waals surface area contributed by atoms with Gasteiger partial charge in [0.25, 0.3) is 5.92 Å². The smallest absolute Gasteiger partial charge is 0.281 e. The average molecular weight is 402 g/mol. The molecule has 0 spiro atoms. The van der Waals surface area contributed by atoms with Crippen LogP contribution in [0.15, 0.2) is 35.2 Å². The molecule has 3 N–H and O–H groups in total. The molecule has 0 aromatic heterocycles. The van der Waals surface area contributed by atoms with E-state index in [1.807, 2.05) is 0 Å². The molecule has 0 aliphatic heterocycles. The van der Waals surface area contributed by atoms with Crippen molar-refractivity contribution in [3.63, 3.8) is 0 Å². The first kappa shape index (κ1) is 19.3. The number of aliphatic hydroxyl groups excluding tert-OH is 1. The monoisotopic (exact) mass is 402 g/mol. The SMILES string of the molecule is N#Cc1cc(F)cc(Oc2ccc([SH](N)(=O)CF)c3c2CC(F)(F)[C@H]3O)c1. The van der Waals surface area contributed by atoms with E-state index in [-0.39, 0.29) is 22.6 Å². The highest BCUT2D eigenvalue weighted by Crippen LogP contribution is 2.50. The molecule has 1 atom stereocenters. The highest BCUT2D eigenvalue weighted by molar-refractivity contribution is 8.00. The lowest BCUT2D eigenvalue weighted by Crippen LogP contribution is -2.28. The Balaban J connectivity index is 2.14. The van der Waals surface area contributed by atoms with E-state index in [9.17, 15) is 26.9 Å². The number of thiol groups is 1. The third-order valence-electron chi connectivity index (χ3n) is 4.19. The van der Waals surface area contributed by atoms with Crippen LogP contribution in [0.2, 0.25) is 0 Å². The summed E-state index contributed by atoms with van der Waals surface area (Å²) in [5.41, 5.74) is -0.697. The van der Waals surface area contributed by atoms with Gasteiger partial charge in [0.05, 0.1) is 11.6 Å². The van der Waals surface area contributed by atoms with Gasteiger partial charge in [0.15, 0.2) is 6.01 Å². The summed E-state index contributed by atoms with van der Waals surface area (Å²) in [7, 11) is -4.10. The van der Waals surface area contributed by atoms with Crippen LogP contribution in [-0.2, 0) is 16.5 Å². The Morgan fingerprint density at radius 1 is 1.37 bits per heavy atom. The molecule has 1 aliphatic carbocycles. The van der Waals surface area contributed by atoms with Crippen LogP contribution in [0.5, 0.6) is 11.5 Å². The fraction of sp³-hybridized carbons (Fsp3) is 0.235. The highest BCUT2D eigenvalue weighted by Gasteiger charge is 2.50. The summed E-state index contributed by atoms with van der Waals surface area (Å²) >= 11 is 0. The van der Waals surface area contributed by atoms with E-state index < -0.39 is 50.8 Å². The second kappa shape index (κ2) is 6.60. The fourth-order valence-corrected chi connectivity index (χ4v) is 4.09. The summed E-state index contributed by atoms with van der Waals surface area (Å²) in [6.07, 6.45) is -3.30. The summed E-state index contributed by atoms with van der Waals surface area (Å²) in [4.78, 5) is -0.394. The fourth-order valence-electron chi connectivity index (χ4n) is 2.97. The lowest BCUT2D eigenvalue weighted by atomic mass is 10.1. The minimum atomic E-state index is -4.10. The van der Waals surface area contributed by atoms with Crippen LogP contribution in [0.25, 0.3) is 0 Å². The molecular formula is C17H14F4N2O3S. The van der Waals surface area contributed by atoms with E-state index in [2.05, 4.69) is 0 Å². The highest BCUT2D eigenvalue weighted by atomic mass is 32.3. The van der Waals surface area contributed by atoms with Crippen LogP contribution in [-0.4, -0.2) is 21.2 Å². The zero-order valence-electron chi connectivity index (χ0n) is 13.6. The topological polar surface area (TPSA) is 96.3 Å². The van der Waals surface area contributed by atoms with Crippen LogP contribution in [0.4, 0.5) is 17.6 Å². The molecular weight excluding hydrogens is 388 g/mol. The molecule has 5 nitrogen and oxygen atoms in total. The number of rotatable bonds is 4. The summed E-state index contributed by atoms with van der Waals surface area (Å²) in [6.45, 7) is 0. The van der Waals surface area contributed by atoms with Crippen molar-refractivity contribution in [1.29, 1.82) is 5.26 Å². The first-order chi connectivity index (χ1) is 12.6. The van der Waals surface area contributed by atoms with E-state index in [1.165, 1.54) is 6.07 Å². The van der Waals surface area contributed by atoms with Gasteiger partial charge in [0, 0.05) is 28.5 Å². The normalized spacial score (nSPS) is 18.6. The van der Waals surface area contributed by atoms with E-state index >= 15 is 0 Å². The number of alkyl halides is 3. The van der Waals surface area contributed by atoms with Crippen molar-refractivity contribution in [1.82, 2.24) is 0 Å². The number of benzene rings is 2. The van der Waals surface area contributed by atoms with Gasteiger partial charge in [-0.25, -0.2) is 17.6 Å². The van der Waals surface area contributed by atoms with Gasteiger partial charge in [-0.15, -0.1) is 0 Å². The minimum absolute atomic E-state index is 0.0486. The maximum Gasteiger partial charge on any atom is 0.281 e. The van der Waals surface area contributed by atoms with Crippen molar-refractivity contribution in [3.05, 3.63) is 52.8 Å². The molecule has 0 amide bonds. The molecule has 27 heavy (non-hydrogen) atoms. The molecule has 0 saturated carbocycles. The predicted molar refractivity (Wildman–Crippen MR) is 89.2 cm³/mol. The first-order valence-electron chi connectivity index (χ1n) is 7.63. The van der Waals surface area contributed by atoms with E-state index in [1.54, 1.807) is 6.07 Å². The number of nitrogens with zero attached hydrogens (tertiary/aromatic N) is 1. The molecule has 0 saturated heterocycles. The van der Waals surface area contributed by atoms with E-state index in [0.717, 1.165) is 24.3 Å². The maximum absolute atomic E-state index is 14.1. The third-order valence-corrected chi connectivity index (χ3v) is 5.75. The molecule has 0 fully saturated rings. The summed E-state index contributed by atoms with van der Waals surface area (Å²) in [5.74, 6) is -4.68. The lowest BCUT2D eigenvalue weighted by Gasteiger charge is -2.22. The molecule has 3 rings (SSSR count). The van der Waals surface area contributed by atoms with Gasteiger partial charge < -0.3 is 9.84 Å². The third kappa shape index (κ3) is 3.41. The second-order valence-corrected chi connectivity index (χ2v) is 8.43. The average Bonchev–Trinajstić information content (AvgIpc) is 2.85. The van der Waals surface area contributed by atoms with Crippen molar-refractivity contribution in [3.8, 4) is 17.6 Å². The zero-order valence-corrected chi connectivity index (χ0v) is 14.5. The number of fused-ring (bicyclic) bond motifs is 1. The van der Waals surface area contributed by atoms with Gasteiger partial charge >= 0.3 is 0 Å². The Bertz CT molecular complexity index is 1010. The molecule has 10 heteroatoms. The zero-order chi connectivity index (χ0) is 20.0. The molecule has 144 valence electrons. The van der Waals surface area contributed by atoms with Gasteiger partial charge in [0.2, 0.25) is 0 Å². The number of hydrogen-bond acceptors (Lipinski definition) is 4. The summed E-state index contributed by atoms with van der Waals surface area (Å²) < 4.78 is 72.4. The van der Waals surface area contributed by atoms with Gasteiger partial charge in [-0.3, -0.25) is 9.35 Å². The molecule has 0 bridgehead atoms. The van der Waals surface area contributed by atoms with Crippen LogP contribution in [0.3, 0.4) is 0 Å². The summed E-state index contributed by atoms with van der Waals surface area (Å²) in [6, 6.07) is 5.56. The number of nitriles is 1. The molecule has 1 aliphatic rings. The van der Waals surface area contributed by atoms with Crippen LogP contribution in [0, 0.1) is 17.1 Å². The second-order valence-electron chi connectivity index (χ2n) is 6.12. The van der Waals surface area contributed by atoms with Crippen LogP contribution >= 0.6 is 0 Å². The first-order valence-corrected chi connectivity index (χ1v) is 9.59. The van der Waals surface area contributed by atoms with Crippen molar-refractivity contribution >= 4 is 10.1 Å². The van der Waals surface area contributed by atoms with Gasteiger partial charge in [-0.1, -0.05) is 0 Å². The van der Waals surface area contributed by atoms with Crippen LogP contribution < -0.4 is 9.88 Å². The van der Waals surface area contributed by atoms with Crippen molar-refractivity contribution < 1.29 is 31.6 Å². The van der Waals surface area contributed by atoms with E-state index in [0.29, 0.717) is 0 Å². The Morgan fingerprint density at radius 3 is 2.70 bits per heavy atom. The molecule has 0 unspecified atom stereocenters. The maximum atomic E-state index is 14.1. The Hall–Kier alpha value is -2.48. The molecule has 2 aromatic carbocycles. The molecule has 0 heterocycles. The number of halogens is 4.